The van der Waals surface area contributed by atoms with Crippen molar-refractivity contribution in [2.45, 2.75) is 53.0 Å². The summed E-state index contributed by atoms with van der Waals surface area (Å²) in [6.45, 7) is 12.8. The molecule has 0 amide bonds. The fraction of sp³-hybridized carbons (Fsp3) is 0.500. The van der Waals surface area contributed by atoms with E-state index in [1.54, 1.807) is 0 Å². The van der Waals surface area contributed by atoms with Crippen LogP contribution in [-0.2, 0) is 0 Å². The van der Waals surface area contributed by atoms with E-state index in [9.17, 15) is 0 Å². The van der Waals surface area contributed by atoms with Gasteiger partial charge in [-0.3, -0.25) is 0 Å². The third-order valence-corrected chi connectivity index (χ3v) is 3.56. The molecule has 1 aromatic carbocycles. The van der Waals surface area contributed by atoms with Gasteiger partial charge in [0.2, 0.25) is 5.95 Å². The zero-order valence-corrected chi connectivity index (χ0v) is 15.6. The zero-order chi connectivity index (χ0) is 17.6. The van der Waals surface area contributed by atoms with Gasteiger partial charge in [0.25, 0.3) is 0 Å². The van der Waals surface area contributed by atoms with E-state index in [-0.39, 0.29) is 5.54 Å². The van der Waals surface area contributed by atoms with E-state index in [1.165, 1.54) is 0 Å². The molecule has 2 aromatic rings. The Morgan fingerprint density at radius 3 is 2.12 bits per heavy atom. The summed E-state index contributed by atoms with van der Waals surface area (Å²) in [6.07, 6.45) is 2.17. The van der Waals surface area contributed by atoms with Gasteiger partial charge in [-0.15, -0.1) is 0 Å². The van der Waals surface area contributed by atoms with E-state index in [0.29, 0.717) is 0 Å². The van der Waals surface area contributed by atoms with Crippen LogP contribution in [0.2, 0.25) is 0 Å². The van der Waals surface area contributed by atoms with Crippen molar-refractivity contribution in [3.05, 3.63) is 36.4 Å². The van der Waals surface area contributed by atoms with Gasteiger partial charge in [0.1, 0.15) is 5.82 Å². The Balaban J connectivity index is 2.47. The first-order valence-electron chi connectivity index (χ1n) is 8.90. The second-order valence-corrected chi connectivity index (χ2v) is 7.17. The van der Waals surface area contributed by atoms with Crippen molar-refractivity contribution in [3.8, 4) is 11.3 Å². The van der Waals surface area contributed by atoms with E-state index in [1.807, 2.05) is 24.3 Å². The standard InChI is InChI=1S/C20H30N4/c1-6-13-24(14-7-2)19-21-17(16-11-9-8-10-12-16)15-18(22-19)23-20(3,4)5/h8-12,15H,6-7,13-14H2,1-5H3,(H,21,22,23). The number of rotatable bonds is 7. The average Bonchev–Trinajstić information content (AvgIpc) is 2.53. The molecule has 2 rings (SSSR count). The quantitative estimate of drug-likeness (QED) is 0.779. The molecule has 0 spiro atoms. The predicted octanol–water partition coefficient (Wildman–Crippen LogP) is 4.98. The van der Waals surface area contributed by atoms with Crippen LogP contribution < -0.4 is 10.2 Å². The Hall–Kier alpha value is -2.10. The van der Waals surface area contributed by atoms with E-state index < -0.39 is 0 Å². The molecule has 130 valence electrons. The molecule has 0 aliphatic rings. The molecule has 0 unspecified atom stereocenters. The van der Waals surface area contributed by atoms with Gasteiger partial charge in [-0.25, -0.2) is 4.98 Å². The van der Waals surface area contributed by atoms with Gasteiger partial charge in [0, 0.05) is 30.3 Å². The Morgan fingerprint density at radius 2 is 1.58 bits per heavy atom. The van der Waals surface area contributed by atoms with Crippen LogP contribution in [0.1, 0.15) is 47.5 Å². The van der Waals surface area contributed by atoms with Crippen molar-refractivity contribution in [1.29, 1.82) is 0 Å². The van der Waals surface area contributed by atoms with Crippen molar-refractivity contribution in [2.75, 3.05) is 23.3 Å². The third kappa shape index (κ3) is 5.22. The fourth-order valence-electron chi connectivity index (χ4n) is 2.63. The summed E-state index contributed by atoms with van der Waals surface area (Å²) in [5.41, 5.74) is 2.04. The summed E-state index contributed by atoms with van der Waals surface area (Å²) in [4.78, 5) is 11.9. The molecule has 0 saturated heterocycles. The number of hydrogen-bond donors (Lipinski definition) is 1. The summed E-state index contributed by atoms with van der Waals surface area (Å²) >= 11 is 0. The molecule has 1 aromatic heterocycles. The third-order valence-electron chi connectivity index (χ3n) is 3.56. The maximum absolute atomic E-state index is 4.85. The fourth-order valence-corrected chi connectivity index (χ4v) is 2.63. The van der Waals surface area contributed by atoms with Gasteiger partial charge in [0.15, 0.2) is 0 Å². The normalized spacial score (nSPS) is 11.4. The highest BCUT2D eigenvalue weighted by Gasteiger charge is 2.16. The highest BCUT2D eigenvalue weighted by atomic mass is 15.3. The molecule has 4 nitrogen and oxygen atoms in total. The van der Waals surface area contributed by atoms with Gasteiger partial charge in [-0.1, -0.05) is 44.2 Å². The lowest BCUT2D eigenvalue weighted by Crippen LogP contribution is -2.29. The average molecular weight is 326 g/mol. The molecule has 0 atom stereocenters. The zero-order valence-electron chi connectivity index (χ0n) is 15.6. The topological polar surface area (TPSA) is 41.1 Å². The van der Waals surface area contributed by atoms with Crippen LogP contribution in [0, 0.1) is 0 Å². The van der Waals surface area contributed by atoms with Crippen LogP contribution in [0.4, 0.5) is 11.8 Å². The Labute approximate surface area is 146 Å². The summed E-state index contributed by atoms with van der Waals surface area (Å²) in [7, 11) is 0. The van der Waals surface area contributed by atoms with Crippen LogP contribution >= 0.6 is 0 Å². The molecule has 0 fully saturated rings. The highest BCUT2D eigenvalue weighted by Crippen LogP contribution is 2.24. The Morgan fingerprint density at radius 1 is 0.958 bits per heavy atom. The number of hydrogen-bond acceptors (Lipinski definition) is 4. The first-order chi connectivity index (χ1) is 11.4. The molecule has 1 heterocycles. The van der Waals surface area contributed by atoms with E-state index in [0.717, 1.165) is 49.0 Å². The minimum Gasteiger partial charge on any atom is -0.365 e. The van der Waals surface area contributed by atoms with Gasteiger partial charge in [0.05, 0.1) is 5.69 Å². The number of nitrogens with zero attached hydrogens (tertiary/aromatic N) is 3. The van der Waals surface area contributed by atoms with Gasteiger partial charge in [-0.05, 0) is 33.6 Å². The maximum atomic E-state index is 4.85. The van der Waals surface area contributed by atoms with Crippen molar-refractivity contribution >= 4 is 11.8 Å². The highest BCUT2D eigenvalue weighted by molar-refractivity contribution is 5.64. The van der Waals surface area contributed by atoms with E-state index in [4.69, 9.17) is 9.97 Å². The summed E-state index contributed by atoms with van der Waals surface area (Å²) < 4.78 is 0. The van der Waals surface area contributed by atoms with Gasteiger partial charge < -0.3 is 10.2 Å². The number of aromatic nitrogens is 2. The molecule has 4 heteroatoms. The molecule has 1 N–H and O–H groups in total. The first kappa shape index (κ1) is 18.2. The van der Waals surface area contributed by atoms with Gasteiger partial charge in [-0.2, -0.15) is 4.98 Å². The molecule has 0 saturated carbocycles. The van der Waals surface area contributed by atoms with Crippen LogP contribution in [0.3, 0.4) is 0 Å². The lowest BCUT2D eigenvalue weighted by Gasteiger charge is -2.25. The molecular formula is C20H30N4. The number of nitrogens with one attached hydrogen (secondary N) is 1. The lowest BCUT2D eigenvalue weighted by atomic mass is 10.1. The van der Waals surface area contributed by atoms with E-state index >= 15 is 0 Å². The molecule has 0 bridgehead atoms. The van der Waals surface area contributed by atoms with Crippen molar-refractivity contribution in [2.24, 2.45) is 0 Å². The molecule has 24 heavy (non-hydrogen) atoms. The predicted molar refractivity (Wildman–Crippen MR) is 104 cm³/mol. The van der Waals surface area contributed by atoms with Crippen LogP contribution in [0.5, 0.6) is 0 Å². The maximum Gasteiger partial charge on any atom is 0.227 e. The second-order valence-electron chi connectivity index (χ2n) is 7.17. The first-order valence-corrected chi connectivity index (χ1v) is 8.90. The number of anilines is 2. The molecule has 0 aliphatic carbocycles. The van der Waals surface area contributed by atoms with Crippen LogP contribution in [0.25, 0.3) is 11.3 Å². The monoisotopic (exact) mass is 326 g/mol. The smallest absolute Gasteiger partial charge is 0.227 e. The minimum absolute atomic E-state index is 0.0417. The lowest BCUT2D eigenvalue weighted by molar-refractivity contribution is 0.629. The van der Waals surface area contributed by atoms with Crippen molar-refractivity contribution < 1.29 is 0 Å². The summed E-state index contributed by atoms with van der Waals surface area (Å²) in [5, 5.41) is 3.49. The van der Waals surface area contributed by atoms with Gasteiger partial charge >= 0.3 is 0 Å². The van der Waals surface area contributed by atoms with Crippen molar-refractivity contribution in [3.63, 3.8) is 0 Å². The molecule has 0 aliphatic heterocycles. The number of benzene rings is 1. The Kier molecular flexibility index (Phi) is 6.18. The second kappa shape index (κ2) is 8.13. The van der Waals surface area contributed by atoms with E-state index in [2.05, 4.69) is 57.0 Å². The summed E-state index contributed by atoms with van der Waals surface area (Å²) in [6, 6.07) is 12.3. The Bertz CT molecular complexity index is 626. The van der Waals surface area contributed by atoms with Crippen LogP contribution in [-0.4, -0.2) is 28.6 Å². The SMILES string of the molecule is CCCN(CCC)c1nc(NC(C)(C)C)cc(-c2ccccc2)n1. The van der Waals surface area contributed by atoms with Crippen molar-refractivity contribution in [1.82, 2.24) is 9.97 Å². The molecule has 0 radical (unpaired) electrons. The summed E-state index contributed by atoms with van der Waals surface area (Å²) in [5.74, 6) is 1.69. The molecular weight excluding hydrogens is 296 g/mol. The largest absolute Gasteiger partial charge is 0.365 e. The van der Waals surface area contributed by atoms with Crippen LogP contribution in [0.15, 0.2) is 36.4 Å². The minimum atomic E-state index is -0.0417.